The summed E-state index contributed by atoms with van der Waals surface area (Å²) in [6.45, 7) is 14.7. The first kappa shape index (κ1) is 33.1. The number of fused-ring (bicyclic) bond motifs is 4. The number of para-hydroxylation sites is 3. The van der Waals surface area contributed by atoms with Crippen LogP contribution in [0.15, 0.2) is 121 Å². The second-order valence-electron chi connectivity index (χ2n) is 14.4. The number of pyridine rings is 1. The van der Waals surface area contributed by atoms with E-state index in [0.717, 1.165) is 34.8 Å². The summed E-state index contributed by atoms with van der Waals surface area (Å²) >= 11 is 0. The molecule has 0 radical (unpaired) electrons. The van der Waals surface area contributed by atoms with Crippen LogP contribution in [0.5, 0.6) is 0 Å². The maximum Gasteiger partial charge on any atom is 2.00 e. The molecule has 2 aromatic heterocycles. The second kappa shape index (κ2) is 12.5. The molecule has 0 saturated heterocycles. The van der Waals surface area contributed by atoms with E-state index in [1.54, 1.807) is 0 Å². The van der Waals surface area contributed by atoms with E-state index in [1.165, 1.54) is 43.6 Å². The van der Waals surface area contributed by atoms with E-state index >= 15 is 0 Å². The predicted molar refractivity (Wildman–Crippen MR) is 205 cm³/mol. The Balaban J connectivity index is 0.00000378. The quantitative estimate of drug-likeness (QED) is 0.128. The van der Waals surface area contributed by atoms with E-state index in [4.69, 9.17) is 4.98 Å². The van der Waals surface area contributed by atoms with Gasteiger partial charge >= 0.3 is 21.1 Å². The minimum Gasteiger partial charge on any atom is -0.347 e. The van der Waals surface area contributed by atoms with E-state index in [9.17, 15) is 0 Å². The van der Waals surface area contributed by atoms with Crippen molar-refractivity contribution in [3.05, 3.63) is 139 Å². The van der Waals surface area contributed by atoms with Crippen LogP contribution < -0.4 is 20.2 Å². The molecule has 0 bridgehead atoms. The second-order valence-corrected chi connectivity index (χ2v) is 18.8. The maximum absolute atomic E-state index is 4.92. The zero-order valence-corrected chi connectivity index (χ0v) is 32.1. The third-order valence-electron chi connectivity index (χ3n) is 9.99. The molecule has 4 nitrogen and oxygen atoms in total. The summed E-state index contributed by atoms with van der Waals surface area (Å²) in [6.07, 6.45) is 1.93. The van der Waals surface area contributed by atoms with Gasteiger partial charge in [0.25, 0.3) is 0 Å². The normalized spacial score (nSPS) is 13.2. The van der Waals surface area contributed by atoms with Gasteiger partial charge in [0, 0.05) is 17.3 Å². The standard InChI is InChI=1S/C43H40N4Si.Pt/c1-30-14-7-8-17-35(30)31-24-25-44-42(26-31)47-38-19-10-9-18-36(38)37-23-22-34(28-41(37)47)48(5,6)33-16-13-15-32(27-33)45-29-46(43(2,3)4)40-21-12-11-20-39(40)45;/h7-26H,29H2,1-6H3;/q-2;+2. The van der Waals surface area contributed by atoms with Crippen molar-refractivity contribution >= 4 is 57.3 Å². The molecule has 5 aromatic carbocycles. The van der Waals surface area contributed by atoms with Crippen LogP contribution >= 0.6 is 0 Å². The Morgan fingerprint density at radius 1 is 0.714 bits per heavy atom. The van der Waals surface area contributed by atoms with Crippen LogP contribution in [0.3, 0.4) is 0 Å². The molecule has 49 heavy (non-hydrogen) atoms. The Hall–Kier alpha value is -4.44. The first-order chi connectivity index (χ1) is 23.1. The van der Waals surface area contributed by atoms with E-state index in [0.29, 0.717) is 0 Å². The molecule has 8 rings (SSSR count). The van der Waals surface area contributed by atoms with Crippen molar-refractivity contribution in [1.82, 2.24) is 9.55 Å². The van der Waals surface area contributed by atoms with Crippen LogP contribution in [0.1, 0.15) is 26.3 Å². The maximum atomic E-state index is 4.92. The van der Waals surface area contributed by atoms with Gasteiger partial charge in [0.1, 0.15) is 5.82 Å². The van der Waals surface area contributed by atoms with Crippen molar-refractivity contribution in [2.75, 3.05) is 16.5 Å². The van der Waals surface area contributed by atoms with Crippen LogP contribution in [0.4, 0.5) is 17.1 Å². The van der Waals surface area contributed by atoms with Crippen LogP contribution in [-0.4, -0.2) is 29.8 Å². The van der Waals surface area contributed by atoms with Crippen LogP contribution in [0.2, 0.25) is 13.1 Å². The topological polar surface area (TPSA) is 24.3 Å². The molecule has 0 unspecified atom stereocenters. The zero-order chi connectivity index (χ0) is 33.2. The third-order valence-corrected chi connectivity index (χ3v) is 13.3. The molecule has 7 aromatic rings. The molecular weight excluding hydrogens is 796 g/mol. The van der Waals surface area contributed by atoms with Crippen LogP contribution in [0.25, 0.3) is 38.8 Å². The van der Waals surface area contributed by atoms with E-state index < -0.39 is 8.07 Å². The minimum atomic E-state index is -2.23. The molecule has 1 aliphatic heterocycles. The van der Waals surface area contributed by atoms with Crippen molar-refractivity contribution in [2.45, 2.75) is 46.3 Å². The summed E-state index contributed by atoms with van der Waals surface area (Å²) in [7, 11) is -2.23. The van der Waals surface area contributed by atoms with E-state index in [1.807, 2.05) is 6.20 Å². The average Bonchev–Trinajstić information content (AvgIpc) is 3.65. The minimum absolute atomic E-state index is 0. The van der Waals surface area contributed by atoms with Gasteiger partial charge in [0.05, 0.1) is 26.1 Å². The summed E-state index contributed by atoms with van der Waals surface area (Å²) in [5.74, 6) is 0.902. The number of hydrogen-bond acceptors (Lipinski definition) is 3. The van der Waals surface area contributed by atoms with Crippen molar-refractivity contribution < 1.29 is 21.1 Å². The molecule has 1 aliphatic rings. The molecule has 6 heteroatoms. The SMILES string of the molecule is Cc1ccccc1-c1ccnc(-n2c3[c-]c([Si](C)(C)c4[c-]c(N5CN(C(C)(C)C)c6ccccc65)ccc4)ccc3c3ccccc32)c1.[Pt+2]. The van der Waals surface area contributed by atoms with Gasteiger partial charge in [-0.15, -0.1) is 11.5 Å². The fraction of sp³-hybridized carbons (Fsp3) is 0.186. The Morgan fingerprint density at radius 3 is 2.22 bits per heavy atom. The molecule has 0 fully saturated rings. The van der Waals surface area contributed by atoms with Gasteiger partial charge in [-0.05, 0) is 80.1 Å². The largest absolute Gasteiger partial charge is 2.00 e. The molecule has 0 spiro atoms. The smallest absolute Gasteiger partial charge is 0.347 e. The van der Waals surface area contributed by atoms with Gasteiger partial charge in [-0.3, -0.25) is 0 Å². The first-order valence-electron chi connectivity index (χ1n) is 16.8. The molecule has 0 N–H and O–H groups in total. The van der Waals surface area contributed by atoms with E-state index in [2.05, 4.69) is 183 Å². The fourth-order valence-electron chi connectivity index (χ4n) is 7.22. The van der Waals surface area contributed by atoms with Gasteiger partial charge in [0.15, 0.2) is 0 Å². The van der Waals surface area contributed by atoms with Crippen LogP contribution in [0, 0.1) is 19.1 Å². The molecule has 0 aliphatic carbocycles. The zero-order valence-electron chi connectivity index (χ0n) is 28.9. The summed E-state index contributed by atoms with van der Waals surface area (Å²) < 4.78 is 2.29. The average molecular weight is 836 g/mol. The number of rotatable bonds is 5. The third kappa shape index (κ3) is 5.63. The van der Waals surface area contributed by atoms with Gasteiger partial charge in [-0.25, -0.2) is 4.98 Å². The van der Waals surface area contributed by atoms with Gasteiger partial charge < -0.3 is 14.4 Å². The number of anilines is 3. The van der Waals surface area contributed by atoms with Gasteiger partial charge in [-0.1, -0.05) is 78.9 Å². The summed E-state index contributed by atoms with van der Waals surface area (Å²) in [6, 6.07) is 49.4. The number of benzene rings is 5. The molecular formula is C43H40N4PtSi. The van der Waals surface area contributed by atoms with Crippen molar-refractivity contribution in [2.24, 2.45) is 0 Å². The molecule has 246 valence electrons. The Bertz CT molecular complexity index is 2330. The summed E-state index contributed by atoms with van der Waals surface area (Å²) in [5.41, 5.74) is 9.46. The Morgan fingerprint density at radius 2 is 1.43 bits per heavy atom. The molecule has 0 saturated carbocycles. The molecule has 0 atom stereocenters. The monoisotopic (exact) mass is 835 g/mol. The summed E-state index contributed by atoms with van der Waals surface area (Å²) in [5, 5.41) is 4.92. The predicted octanol–water partition coefficient (Wildman–Crippen LogP) is 9.29. The van der Waals surface area contributed by atoms with E-state index in [-0.39, 0.29) is 26.6 Å². The summed E-state index contributed by atoms with van der Waals surface area (Å²) in [4.78, 5) is 9.81. The first-order valence-corrected chi connectivity index (χ1v) is 19.8. The fourth-order valence-corrected chi connectivity index (χ4v) is 9.39. The number of aryl methyl sites for hydroxylation is 1. The van der Waals surface area contributed by atoms with Gasteiger partial charge in [0.2, 0.25) is 0 Å². The van der Waals surface area contributed by atoms with Gasteiger partial charge in [-0.2, -0.15) is 46.8 Å². The number of nitrogens with zero attached hydrogens (tertiary/aromatic N) is 4. The van der Waals surface area contributed by atoms with Crippen molar-refractivity contribution in [3.8, 4) is 16.9 Å². The molecule has 0 amide bonds. The van der Waals surface area contributed by atoms with Crippen molar-refractivity contribution in [1.29, 1.82) is 0 Å². The number of hydrogen-bond donors (Lipinski definition) is 0. The molecule has 3 heterocycles. The van der Waals surface area contributed by atoms with Crippen LogP contribution in [-0.2, 0) is 21.1 Å². The van der Waals surface area contributed by atoms with Crippen molar-refractivity contribution in [3.63, 3.8) is 0 Å². The number of aromatic nitrogens is 2. The Labute approximate surface area is 305 Å². The Kier molecular flexibility index (Phi) is 8.41.